The quantitative estimate of drug-likeness (QED) is 0.769. The number of nitrogens with zero attached hydrogens (tertiary/aromatic N) is 1. The number of carbonyl (C=O) groups excluding carboxylic acids is 2. The van der Waals surface area contributed by atoms with Crippen LogP contribution in [0.5, 0.6) is 5.75 Å². The SMILES string of the molecule is COc1ccccc1C(=O)[C@H]1CCCN(C(=O)Nc2cccc(Cl)c2C)C1. The van der Waals surface area contributed by atoms with Crippen LogP contribution in [0.2, 0.25) is 5.02 Å². The molecular formula is C21H23ClN2O3. The van der Waals surface area contributed by atoms with Gasteiger partial charge in [0.1, 0.15) is 5.75 Å². The first-order chi connectivity index (χ1) is 13.0. The lowest BCUT2D eigenvalue weighted by Gasteiger charge is -2.32. The van der Waals surface area contributed by atoms with Crippen LogP contribution < -0.4 is 10.1 Å². The molecule has 1 N–H and O–H groups in total. The van der Waals surface area contributed by atoms with Crippen molar-refractivity contribution in [3.05, 3.63) is 58.6 Å². The number of rotatable bonds is 4. The Morgan fingerprint density at radius 3 is 2.74 bits per heavy atom. The summed E-state index contributed by atoms with van der Waals surface area (Å²) in [6.45, 7) is 2.88. The highest BCUT2D eigenvalue weighted by atomic mass is 35.5. The molecule has 1 atom stereocenters. The lowest BCUT2D eigenvalue weighted by atomic mass is 9.89. The lowest BCUT2D eigenvalue weighted by molar-refractivity contribution is 0.0848. The summed E-state index contributed by atoms with van der Waals surface area (Å²) in [6, 6.07) is 12.4. The fourth-order valence-electron chi connectivity index (χ4n) is 3.38. The molecule has 1 saturated heterocycles. The van der Waals surface area contributed by atoms with Crippen LogP contribution in [0.1, 0.15) is 28.8 Å². The Labute approximate surface area is 164 Å². The average molecular weight is 387 g/mol. The van der Waals surface area contributed by atoms with E-state index in [0.29, 0.717) is 35.1 Å². The topological polar surface area (TPSA) is 58.6 Å². The Bertz CT molecular complexity index is 853. The Morgan fingerprint density at radius 1 is 1.19 bits per heavy atom. The fourth-order valence-corrected chi connectivity index (χ4v) is 3.56. The van der Waals surface area contributed by atoms with Crippen LogP contribution in [0.25, 0.3) is 0 Å². The van der Waals surface area contributed by atoms with Crippen molar-refractivity contribution in [2.24, 2.45) is 5.92 Å². The van der Waals surface area contributed by atoms with E-state index < -0.39 is 0 Å². The third-order valence-electron chi connectivity index (χ3n) is 4.96. The van der Waals surface area contributed by atoms with Gasteiger partial charge in [0.2, 0.25) is 0 Å². The first-order valence-electron chi connectivity index (χ1n) is 8.99. The summed E-state index contributed by atoms with van der Waals surface area (Å²) in [4.78, 5) is 27.3. The summed E-state index contributed by atoms with van der Waals surface area (Å²) < 4.78 is 5.31. The van der Waals surface area contributed by atoms with Gasteiger partial charge in [-0.2, -0.15) is 0 Å². The van der Waals surface area contributed by atoms with Gasteiger partial charge in [0.15, 0.2) is 5.78 Å². The van der Waals surface area contributed by atoms with E-state index in [1.165, 1.54) is 0 Å². The Kier molecular flexibility index (Phi) is 6.01. The molecule has 6 heteroatoms. The number of anilines is 1. The van der Waals surface area contributed by atoms with E-state index in [4.69, 9.17) is 16.3 Å². The van der Waals surface area contributed by atoms with Gasteiger partial charge in [0, 0.05) is 29.7 Å². The molecule has 0 aromatic heterocycles. The molecule has 3 rings (SSSR count). The minimum atomic E-state index is -0.235. The third-order valence-corrected chi connectivity index (χ3v) is 5.37. The number of halogens is 1. The predicted molar refractivity (Wildman–Crippen MR) is 107 cm³/mol. The van der Waals surface area contributed by atoms with Crippen LogP contribution in [-0.4, -0.2) is 36.9 Å². The Hall–Kier alpha value is -2.53. The smallest absolute Gasteiger partial charge is 0.321 e. The molecule has 0 saturated carbocycles. The van der Waals surface area contributed by atoms with E-state index in [2.05, 4.69) is 5.32 Å². The molecule has 1 fully saturated rings. The Morgan fingerprint density at radius 2 is 1.96 bits per heavy atom. The van der Waals surface area contributed by atoms with Crippen LogP contribution in [0.3, 0.4) is 0 Å². The van der Waals surface area contributed by atoms with Crippen molar-refractivity contribution in [2.45, 2.75) is 19.8 Å². The molecule has 2 aromatic carbocycles. The maximum absolute atomic E-state index is 12.9. The number of para-hydroxylation sites is 1. The second-order valence-electron chi connectivity index (χ2n) is 6.69. The highest BCUT2D eigenvalue weighted by Crippen LogP contribution is 2.27. The number of hydrogen-bond donors (Lipinski definition) is 1. The van der Waals surface area contributed by atoms with Crippen molar-refractivity contribution in [2.75, 3.05) is 25.5 Å². The number of hydrogen-bond acceptors (Lipinski definition) is 3. The summed E-state index contributed by atoms with van der Waals surface area (Å²) >= 11 is 6.12. The minimum absolute atomic E-state index is 0.0175. The van der Waals surface area contributed by atoms with Crippen LogP contribution >= 0.6 is 11.6 Å². The van der Waals surface area contributed by atoms with Crippen molar-refractivity contribution in [3.8, 4) is 5.75 Å². The van der Waals surface area contributed by atoms with Crippen molar-refractivity contribution >= 4 is 29.1 Å². The van der Waals surface area contributed by atoms with Crippen molar-refractivity contribution in [3.63, 3.8) is 0 Å². The number of benzene rings is 2. The number of piperidine rings is 1. The molecule has 2 aromatic rings. The molecule has 0 radical (unpaired) electrons. The van der Waals surface area contributed by atoms with Crippen molar-refractivity contribution in [1.29, 1.82) is 0 Å². The Balaban J connectivity index is 1.71. The molecule has 0 aliphatic carbocycles. The van der Waals surface area contributed by atoms with Crippen molar-refractivity contribution in [1.82, 2.24) is 4.90 Å². The number of ketones is 1. The zero-order valence-electron chi connectivity index (χ0n) is 15.5. The summed E-state index contributed by atoms with van der Waals surface area (Å²) in [7, 11) is 1.56. The number of Topliss-reactive ketones (excluding diaryl/α,β-unsaturated/α-hetero) is 1. The van der Waals surface area contributed by atoms with E-state index in [9.17, 15) is 9.59 Å². The summed E-state index contributed by atoms with van der Waals surface area (Å²) in [6.07, 6.45) is 1.55. The number of methoxy groups -OCH3 is 1. The van der Waals surface area contributed by atoms with Gasteiger partial charge >= 0.3 is 6.03 Å². The second-order valence-corrected chi connectivity index (χ2v) is 7.10. The number of likely N-dealkylation sites (tertiary alicyclic amines) is 1. The van der Waals surface area contributed by atoms with E-state index in [1.54, 1.807) is 36.3 Å². The van der Waals surface area contributed by atoms with Gasteiger partial charge < -0.3 is 15.0 Å². The first kappa shape index (κ1) is 19.2. The molecule has 0 unspecified atom stereocenters. The van der Waals surface area contributed by atoms with Crippen molar-refractivity contribution < 1.29 is 14.3 Å². The average Bonchev–Trinajstić information content (AvgIpc) is 2.71. The van der Waals surface area contributed by atoms with E-state index in [0.717, 1.165) is 18.4 Å². The van der Waals surface area contributed by atoms with Gasteiger partial charge in [-0.05, 0) is 49.6 Å². The fraction of sp³-hybridized carbons (Fsp3) is 0.333. The summed E-state index contributed by atoms with van der Waals surface area (Å²) in [5, 5.41) is 3.52. The molecule has 1 aliphatic rings. The molecule has 27 heavy (non-hydrogen) atoms. The van der Waals surface area contributed by atoms with Gasteiger partial charge in [0.05, 0.1) is 12.7 Å². The standard InChI is InChI=1S/C21H23ClN2O3/c1-14-17(22)9-5-10-18(14)23-21(26)24-12-6-7-15(13-24)20(25)16-8-3-4-11-19(16)27-2/h3-5,8-11,15H,6-7,12-13H2,1-2H3,(H,23,26)/t15-/m0/s1. The van der Waals surface area contributed by atoms with Crippen LogP contribution in [0.15, 0.2) is 42.5 Å². The molecule has 1 heterocycles. The van der Waals surface area contributed by atoms with Gasteiger partial charge in [-0.1, -0.05) is 29.8 Å². The maximum Gasteiger partial charge on any atom is 0.321 e. The third kappa shape index (κ3) is 4.25. The van der Waals surface area contributed by atoms with Gasteiger partial charge in [0.25, 0.3) is 0 Å². The summed E-state index contributed by atoms with van der Waals surface area (Å²) in [5.41, 5.74) is 2.08. The highest BCUT2D eigenvalue weighted by molar-refractivity contribution is 6.31. The summed E-state index contributed by atoms with van der Waals surface area (Å²) in [5.74, 6) is 0.351. The number of ether oxygens (including phenoxy) is 1. The highest BCUT2D eigenvalue weighted by Gasteiger charge is 2.30. The van der Waals surface area contributed by atoms with Gasteiger partial charge in [-0.3, -0.25) is 4.79 Å². The molecule has 142 valence electrons. The predicted octanol–water partition coefficient (Wildman–Crippen LogP) is 4.78. The second kappa shape index (κ2) is 8.44. The zero-order valence-corrected chi connectivity index (χ0v) is 16.3. The van der Waals surface area contributed by atoms with Crippen LogP contribution in [0, 0.1) is 12.8 Å². The molecule has 1 aliphatic heterocycles. The number of amides is 2. The minimum Gasteiger partial charge on any atom is -0.496 e. The number of urea groups is 1. The molecule has 2 amide bonds. The molecule has 0 bridgehead atoms. The van der Waals surface area contributed by atoms with Crippen LogP contribution in [-0.2, 0) is 0 Å². The lowest BCUT2D eigenvalue weighted by Crippen LogP contribution is -2.44. The van der Waals surface area contributed by atoms with E-state index in [-0.39, 0.29) is 17.7 Å². The molecular weight excluding hydrogens is 364 g/mol. The largest absolute Gasteiger partial charge is 0.496 e. The van der Waals surface area contributed by atoms with Crippen LogP contribution in [0.4, 0.5) is 10.5 Å². The van der Waals surface area contributed by atoms with E-state index >= 15 is 0 Å². The monoisotopic (exact) mass is 386 g/mol. The van der Waals surface area contributed by atoms with Gasteiger partial charge in [-0.25, -0.2) is 4.79 Å². The molecule has 0 spiro atoms. The van der Waals surface area contributed by atoms with Gasteiger partial charge in [-0.15, -0.1) is 0 Å². The maximum atomic E-state index is 12.9. The molecule has 5 nitrogen and oxygen atoms in total. The number of carbonyl (C=O) groups is 2. The first-order valence-corrected chi connectivity index (χ1v) is 9.37. The van der Waals surface area contributed by atoms with E-state index in [1.807, 2.05) is 25.1 Å². The zero-order chi connectivity index (χ0) is 19.4. The number of nitrogens with one attached hydrogen (secondary N) is 1. The normalized spacial score (nSPS) is 16.7.